The fraction of sp³-hybridized carbons (Fsp3) is 0.310. The number of piperazine rings is 1. The van der Waals surface area contributed by atoms with Crippen LogP contribution in [-0.2, 0) is 12.7 Å². The molecule has 0 atom stereocenters. The van der Waals surface area contributed by atoms with Gasteiger partial charge in [0.1, 0.15) is 11.5 Å². The molecule has 0 saturated carbocycles. The number of benzene rings is 1. The van der Waals surface area contributed by atoms with Gasteiger partial charge in [0.25, 0.3) is 5.91 Å². The number of alkyl halides is 3. The van der Waals surface area contributed by atoms with E-state index in [-0.39, 0.29) is 23.5 Å². The van der Waals surface area contributed by atoms with Gasteiger partial charge in [-0.1, -0.05) is 18.9 Å². The predicted octanol–water partition coefficient (Wildman–Crippen LogP) is 4.24. The first-order chi connectivity index (χ1) is 19.2. The first-order valence-electron chi connectivity index (χ1n) is 12.9. The normalized spacial score (nSPS) is 14.6. The number of carbonyl (C=O) groups excluding carboxylic acids is 1. The molecule has 1 N–H and O–H groups in total. The molecule has 40 heavy (non-hydrogen) atoms. The van der Waals surface area contributed by atoms with Crippen LogP contribution in [0.3, 0.4) is 0 Å². The number of nitrogens with one attached hydrogen (secondary N) is 1. The third-order valence-electron chi connectivity index (χ3n) is 6.93. The van der Waals surface area contributed by atoms with Crippen molar-refractivity contribution in [3.05, 3.63) is 88.5 Å². The second-order valence-corrected chi connectivity index (χ2v) is 9.61. The van der Waals surface area contributed by atoms with Crippen molar-refractivity contribution < 1.29 is 18.0 Å². The summed E-state index contributed by atoms with van der Waals surface area (Å²) >= 11 is 0. The lowest BCUT2D eigenvalue weighted by atomic mass is 10.0. The topological polar surface area (TPSA) is 78.7 Å². The first-order valence-corrected chi connectivity index (χ1v) is 12.9. The van der Waals surface area contributed by atoms with E-state index in [2.05, 4.69) is 44.0 Å². The van der Waals surface area contributed by atoms with Crippen LogP contribution < -0.4 is 5.32 Å². The van der Waals surface area contributed by atoms with Crippen LogP contribution in [0.15, 0.2) is 55.0 Å². The summed E-state index contributed by atoms with van der Waals surface area (Å²) in [5, 5.41) is 6.84. The third-order valence-corrected chi connectivity index (χ3v) is 6.93. The summed E-state index contributed by atoms with van der Waals surface area (Å²) in [6.07, 6.45) is 0.209. The monoisotopic (exact) mass is 547 g/mol. The fourth-order valence-electron chi connectivity index (χ4n) is 4.59. The van der Waals surface area contributed by atoms with Gasteiger partial charge in [0, 0.05) is 56.2 Å². The van der Waals surface area contributed by atoms with Crippen molar-refractivity contribution in [1.29, 1.82) is 0 Å². The summed E-state index contributed by atoms with van der Waals surface area (Å²) in [5.41, 5.74) is 1.88. The van der Waals surface area contributed by atoms with Crippen LogP contribution in [0.2, 0.25) is 0 Å². The van der Waals surface area contributed by atoms with Crippen LogP contribution in [0.5, 0.6) is 0 Å². The highest BCUT2D eigenvalue weighted by Gasteiger charge is 2.34. The molecule has 206 valence electrons. The molecule has 0 unspecified atom stereocenters. The average Bonchev–Trinajstić information content (AvgIpc) is 3.36. The van der Waals surface area contributed by atoms with E-state index in [0.717, 1.165) is 31.3 Å². The number of likely N-dealkylation sites (N-methyl/N-ethyl adjacent to an activating group) is 1. The molecule has 0 radical (unpaired) electrons. The van der Waals surface area contributed by atoms with Gasteiger partial charge in [0.15, 0.2) is 5.65 Å². The van der Waals surface area contributed by atoms with Gasteiger partial charge in [-0.15, -0.1) is 0 Å². The van der Waals surface area contributed by atoms with E-state index < -0.39 is 17.6 Å². The number of aromatic nitrogens is 4. The Bertz CT molecular complexity index is 1590. The van der Waals surface area contributed by atoms with Gasteiger partial charge in [-0.05, 0) is 60.8 Å². The Hall–Kier alpha value is -4.27. The van der Waals surface area contributed by atoms with Crippen molar-refractivity contribution in [2.75, 3.05) is 38.0 Å². The molecular formula is C29H28F3N7O. The summed E-state index contributed by atoms with van der Waals surface area (Å²) < 4.78 is 43.6. The van der Waals surface area contributed by atoms with Gasteiger partial charge in [-0.2, -0.15) is 18.3 Å². The van der Waals surface area contributed by atoms with E-state index in [1.54, 1.807) is 35.2 Å². The minimum absolute atomic E-state index is 0.0984. The second kappa shape index (κ2) is 11.5. The third kappa shape index (κ3) is 6.14. The molecule has 4 heterocycles. The van der Waals surface area contributed by atoms with Crippen molar-refractivity contribution >= 4 is 17.4 Å². The largest absolute Gasteiger partial charge is 0.416 e. The number of fused-ring (bicyclic) bond motifs is 1. The zero-order valence-electron chi connectivity index (χ0n) is 22.2. The zero-order chi connectivity index (χ0) is 28.3. The molecule has 0 aliphatic carbocycles. The molecule has 11 heteroatoms. The molecule has 1 aliphatic heterocycles. The molecule has 1 fully saturated rings. The number of nitrogens with zero attached hydrogens (tertiary/aromatic N) is 6. The Kier molecular flexibility index (Phi) is 7.82. The molecule has 0 spiro atoms. The summed E-state index contributed by atoms with van der Waals surface area (Å²) in [6.45, 7) is 8.05. The highest BCUT2D eigenvalue weighted by molar-refractivity contribution is 6.04. The summed E-state index contributed by atoms with van der Waals surface area (Å²) in [5.74, 6) is 5.56. The van der Waals surface area contributed by atoms with Gasteiger partial charge in [0.05, 0.1) is 11.8 Å². The van der Waals surface area contributed by atoms with Crippen molar-refractivity contribution in [1.82, 2.24) is 29.4 Å². The van der Waals surface area contributed by atoms with Crippen LogP contribution in [0, 0.1) is 18.8 Å². The minimum Gasteiger partial charge on any atom is -0.307 e. The Morgan fingerprint density at radius 3 is 2.55 bits per heavy atom. The number of anilines is 1. The Labute approximate surface area is 229 Å². The zero-order valence-corrected chi connectivity index (χ0v) is 22.2. The molecular weight excluding hydrogens is 519 g/mol. The van der Waals surface area contributed by atoms with Crippen LogP contribution in [0.1, 0.15) is 45.2 Å². The van der Waals surface area contributed by atoms with Gasteiger partial charge < -0.3 is 10.2 Å². The number of halogens is 3. The first kappa shape index (κ1) is 27.3. The lowest BCUT2D eigenvalue weighted by Gasteiger charge is -2.34. The van der Waals surface area contributed by atoms with Gasteiger partial charge in [0.2, 0.25) is 0 Å². The molecule has 1 amide bonds. The Balaban J connectivity index is 1.33. The van der Waals surface area contributed by atoms with Crippen LogP contribution >= 0.6 is 0 Å². The van der Waals surface area contributed by atoms with Crippen molar-refractivity contribution in [3.63, 3.8) is 0 Å². The number of aryl methyl sites for hydroxylation is 1. The number of hydrogen-bond donors (Lipinski definition) is 1. The lowest BCUT2D eigenvalue weighted by molar-refractivity contribution is -0.138. The van der Waals surface area contributed by atoms with Crippen molar-refractivity contribution in [3.8, 4) is 11.8 Å². The standard InChI is InChI=1S/C29H28F3N7O/c1-3-37-11-13-38(14-12-37)19-23-7-6-22(15-25(23)29(30,31)32)28(40)36-26-16-21(20(2)17-33-26)8-9-24-18-34-27-5-4-10-35-39(24)27/h4-7,10,15-18H,3,11-14,19H2,1-2H3,(H,33,36,40). The molecule has 1 aliphatic rings. The smallest absolute Gasteiger partial charge is 0.307 e. The van der Waals surface area contributed by atoms with E-state index in [0.29, 0.717) is 30.0 Å². The number of hydrogen-bond acceptors (Lipinski definition) is 6. The van der Waals surface area contributed by atoms with E-state index in [1.807, 2.05) is 17.9 Å². The fourth-order valence-corrected chi connectivity index (χ4v) is 4.59. The maximum Gasteiger partial charge on any atom is 0.416 e. The number of pyridine rings is 1. The van der Waals surface area contributed by atoms with Gasteiger partial charge in [-0.3, -0.25) is 9.69 Å². The quantitative estimate of drug-likeness (QED) is 0.377. The average molecular weight is 548 g/mol. The molecule has 5 rings (SSSR count). The number of amides is 1. The molecule has 1 aromatic carbocycles. The SMILES string of the molecule is CCN1CCN(Cc2ccc(C(=O)Nc3cc(C#Cc4cnc5cccnn45)c(C)cn3)cc2C(F)(F)F)CC1. The Morgan fingerprint density at radius 1 is 1.02 bits per heavy atom. The van der Waals surface area contributed by atoms with Crippen LogP contribution in [0.25, 0.3) is 5.65 Å². The Morgan fingerprint density at radius 2 is 1.80 bits per heavy atom. The van der Waals surface area contributed by atoms with Crippen LogP contribution in [-0.4, -0.2) is 68.0 Å². The molecule has 0 bridgehead atoms. The van der Waals surface area contributed by atoms with Gasteiger partial charge >= 0.3 is 6.18 Å². The summed E-state index contributed by atoms with van der Waals surface area (Å²) in [4.78, 5) is 25.7. The number of imidazole rings is 1. The molecule has 1 saturated heterocycles. The maximum atomic E-state index is 14.0. The van der Waals surface area contributed by atoms with Crippen molar-refractivity contribution in [2.45, 2.75) is 26.6 Å². The van der Waals surface area contributed by atoms with Crippen molar-refractivity contribution in [2.24, 2.45) is 0 Å². The lowest BCUT2D eigenvalue weighted by Crippen LogP contribution is -2.45. The molecule has 4 aromatic rings. The summed E-state index contributed by atoms with van der Waals surface area (Å²) in [7, 11) is 0. The summed E-state index contributed by atoms with van der Waals surface area (Å²) in [6, 6.07) is 8.92. The number of carbonyl (C=O) groups is 1. The van der Waals surface area contributed by atoms with E-state index in [4.69, 9.17) is 0 Å². The molecule has 3 aromatic heterocycles. The second-order valence-electron chi connectivity index (χ2n) is 9.61. The van der Waals surface area contributed by atoms with Crippen LogP contribution in [0.4, 0.5) is 19.0 Å². The molecule has 8 nitrogen and oxygen atoms in total. The van der Waals surface area contributed by atoms with E-state index in [1.165, 1.54) is 12.1 Å². The minimum atomic E-state index is -4.59. The predicted molar refractivity (Wildman–Crippen MR) is 145 cm³/mol. The van der Waals surface area contributed by atoms with Gasteiger partial charge in [-0.25, -0.2) is 14.5 Å². The number of rotatable bonds is 5. The van der Waals surface area contributed by atoms with E-state index in [9.17, 15) is 18.0 Å². The highest BCUT2D eigenvalue weighted by Crippen LogP contribution is 2.33. The van der Waals surface area contributed by atoms with E-state index >= 15 is 0 Å². The maximum absolute atomic E-state index is 14.0. The highest BCUT2D eigenvalue weighted by atomic mass is 19.4.